The number of aromatic nitrogens is 1. The average Bonchev–Trinajstić information content (AvgIpc) is 2.38. The molecule has 0 saturated heterocycles. The molecule has 1 aromatic heterocycles. The van der Waals surface area contributed by atoms with Crippen LogP contribution in [-0.2, 0) is 11.0 Å². The van der Waals surface area contributed by atoms with E-state index in [1.54, 1.807) is 6.92 Å². The van der Waals surface area contributed by atoms with Crippen LogP contribution in [0.3, 0.4) is 0 Å². The summed E-state index contributed by atoms with van der Waals surface area (Å²) in [6, 6.07) is 1.69. The van der Waals surface area contributed by atoms with E-state index in [1.165, 1.54) is 0 Å². The lowest BCUT2D eigenvalue weighted by Crippen LogP contribution is -2.33. The van der Waals surface area contributed by atoms with Crippen molar-refractivity contribution < 1.29 is 27.9 Å². The molecule has 0 saturated carbocycles. The molecule has 20 heavy (non-hydrogen) atoms. The van der Waals surface area contributed by atoms with Crippen LogP contribution in [0.25, 0.3) is 0 Å². The number of carboxylic acids is 1. The molecule has 1 unspecified atom stereocenters. The van der Waals surface area contributed by atoms with Gasteiger partial charge in [-0.1, -0.05) is 6.92 Å². The van der Waals surface area contributed by atoms with Crippen LogP contribution in [-0.4, -0.2) is 28.5 Å². The maximum Gasteiger partial charge on any atom is 0.417 e. The fraction of sp³-hybridized carbons (Fsp3) is 0.417. The van der Waals surface area contributed by atoms with Crippen molar-refractivity contribution in [2.45, 2.75) is 19.5 Å². The van der Waals surface area contributed by atoms with Crippen molar-refractivity contribution in [1.82, 2.24) is 10.3 Å². The number of aliphatic carboxylic acids is 1. The van der Waals surface area contributed by atoms with Crippen molar-refractivity contribution >= 4 is 11.9 Å². The third-order valence-electron chi connectivity index (χ3n) is 2.67. The molecule has 1 rings (SSSR count). The standard InChI is InChI=1S/C12H13F3N2O3/c1-2-7(11(19)20)5-17-10(18)9-4-3-8(6-16-9)12(13,14)15/h3-4,6-7H,2,5H2,1H3,(H,17,18)(H,19,20). The SMILES string of the molecule is CCC(CNC(=O)c1ccc(C(F)(F)F)cn1)C(=O)O. The molecule has 110 valence electrons. The molecule has 5 nitrogen and oxygen atoms in total. The Labute approximate surface area is 112 Å². The highest BCUT2D eigenvalue weighted by molar-refractivity contribution is 5.92. The van der Waals surface area contributed by atoms with Gasteiger partial charge in [-0.25, -0.2) is 0 Å². The second kappa shape index (κ2) is 6.36. The number of rotatable bonds is 5. The van der Waals surface area contributed by atoms with Crippen molar-refractivity contribution in [2.24, 2.45) is 5.92 Å². The number of hydrogen-bond acceptors (Lipinski definition) is 3. The summed E-state index contributed by atoms with van der Waals surface area (Å²) in [5.41, 5.74) is -1.15. The lowest BCUT2D eigenvalue weighted by Gasteiger charge is -2.11. The van der Waals surface area contributed by atoms with Gasteiger partial charge >= 0.3 is 12.1 Å². The highest BCUT2D eigenvalue weighted by Gasteiger charge is 2.31. The molecule has 0 bridgehead atoms. The Hall–Kier alpha value is -2.12. The van der Waals surface area contributed by atoms with E-state index in [0.717, 1.165) is 12.1 Å². The number of halogens is 3. The van der Waals surface area contributed by atoms with Gasteiger partial charge in [0.05, 0.1) is 11.5 Å². The first kappa shape index (κ1) is 15.9. The minimum Gasteiger partial charge on any atom is -0.481 e. The van der Waals surface area contributed by atoms with E-state index in [2.05, 4.69) is 10.3 Å². The predicted octanol–water partition coefficient (Wildman–Crippen LogP) is 1.94. The highest BCUT2D eigenvalue weighted by Crippen LogP contribution is 2.28. The summed E-state index contributed by atoms with van der Waals surface area (Å²) in [5.74, 6) is -2.50. The quantitative estimate of drug-likeness (QED) is 0.868. The van der Waals surface area contributed by atoms with Gasteiger partial charge in [-0.2, -0.15) is 13.2 Å². The Balaban J connectivity index is 2.67. The zero-order valence-electron chi connectivity index (χ0n) is 10.6. The number of carbonyl (C=O) groups is 2. The Morgan fingerprint density at radius 3 is 2.45 bits per heavy atom. The van der Waals surface area contributed by atoms with E-state index in [4.69, 9.17) is 5.11 Å². The Bertz CT molecular complexity index is 486. The third-order valence-corrected chi connectivity index (χ3v) is 2.67. The molecule has 0 aromatic carbocycles. The first-order valence-corrected chi connectivity index (χ1v) is 5.80. The van der Waals surface area contributed by atoms with Gasteiger partial charge in [0.1, 0.15) is 5.69 Å². The van der Waals surface area contributed by atoms with Gasteiger partial charge in [0.15, 0.2) is 0 Å². The van der Waals surface area contributed by atoms with Gasteiger partial charge in [-0.3, -0.25) is 14.6 Å². The largest absolute Gasteiger partial charge is 0.481 e. The second-order valence-electron chi connectivity index (χ2n) is 4.08. The first-order chi connectivity index (χ1) is 9.25. The summed E-state index contributed by atoms with van der Waals surface area (Å²) in [6.07, 6.45) is -3.63. The molecule has 1 amide bonds. The lowest BCUT2D eigenvalue weighted by atomic mass is 10.1. The Morgan fingerprint density at radius 2 is 2.05 bits per heavy atom. The molecule has 0 radical (unpaired) electrons. The molecule has 0 fully saturated rings. The molecule has 1 heterocycles. The number of alkyl halides is 3. The number of hydrogen-bond donors (Lipinski definition) is 2. The van der Waals surface area contributed by atoms with Crippen molar-refractivity contribution in [2.75, 3.05) is 6.54 Å². The normalized spacial score (nSPS) is 12.8. The van der Waals surface area contributed by atoms with Crippen LogP contribution in [0.4, 0.5) is 13.2 Å². The Kier molecular flexibility index (Phi) is 5.06. The average molecular weight is 290 g/mol. The number of nitrogens with one attached hydrogen (secondary N) is 1. The Morgan fingerprint density at radius 1 is 1.40 bits per heavy atom. The van der Waals surface area contributed by atoms with E-state index in [-0.39, 0.29) is 12.2 Å². The van der Waals surface area contributed by atoms with Gasteiger partial charge in [-0.15, -0.1) is 0 Å². The smallest absolute Gasteiger partial charge is 0.417 e. The predicted molar refractivity (Wildman–Crippen MR) is 63.0 cm³/mol. The van der Waals surface area contributed by atoms with Crippen LogP contribution in [0.1, 0.15) is 29.4 Å². The highest BCUT2D eigenvalue weighted by atomic mass is 19.4. The maximum atomic E-state index is 12.3. The van der Waals surface area contributed by atoms with Crippen molar-refractivity contribution in [3.63, 3.8) is 0 Å². The van der Waals surface area contributed by atoms with Crippen LogP contribution in [0.2, 0.25) is 0 Å². The van der Waals surface area contributed by atoms with Gasteiger partial charge in [0, 0.05) is 12.7 Å². The van der Waals surface area contributed by atoms with Crippen molar-refractivity contribution in [3.8, 4) is 0 Å². The molecular formula is C12H13F3N2O3. The fourth-order valence-electron chi connectivity index (χ4n) is 1.41. The van der Waals surface area contributed by atoms with Crippen LogP contribution >= 0.6 is 0 Å². The summed E-state index contributed by atoms with van der Waals surface area (Å²) >= 11 is 0. The summed E-state index contributed by atoms with van der Waals surface area (Å²) in [7, 11) is 0. The van der Waals surface area contributed by atoms with E-state index in [9.17, 15) is 22.8 Å². The second-order valence-corrected chi connectivity index (χ2v) is 4.08. The number of amides is 1. The van der Waals surface area contributed by atoms with E-state index in [0.29, 0.717) is 12.6 Å². The minimum atomic E-state index is -4.52. The number of carbonyl (C=O) groups excluding carboxylic acids is 1. The lowest BCUT2D eigenvalue weighted by molar-refractivity contribution is -0.141. The van der Waals surface area contributed by atoms with Crippen LogP contribution in [0.15, 0.2) is 18.3 Å². The number of nitrogens with zero attached hydrogens (tertiary/aromatic N) is 1. The molecule has 1 atom stereocenters. The zero-order chi connectivity index (χ0) is 15.3. The summed E-state index contributed by atoms with van der Waals surface area (Å²) in [5, 5.41) is 11.1. The van der Waals surface area contributed by atoms with E-state index in [1.807, 2.05) is 0 Å². The van der Waals surface area contributed by atoms with Gasteiger partial charge in [0.25, 0.3) is 5.91 Å². The fourth-order valence-corrected chi connectivity index (χ4v) is 1.41. The van der Waals surface area contributed by atoms with Crippen molar-refractivity contribution in [3.05, 3.63) is 29.6 Å². The molecule has 0 aliphatic heterocycles. The van der Waals surface area contributed by atoms with Gasteiger partial charge in [-0.05, 0) is 18.6 Å². The first-order valence-electron chi connectivity index (χ1n) is 5.80. The molecular weight excluding hydrogens is 277 g/mol. The summed E-state index contributed by atoms with van der Waals surface area (Å²) in [6.45, 7) is 1.55. The monoisotopic (exact) mass is 290 g/mol. The van der Waals surface area contributed by atoms with Crippen molar-refractivity contribution in [1.29, 1.82) is 0 Å². The van der Waals surface area contributed by atoms with Crippen LogP contribution in [0.5, 0.6) is 0 Å². The molecule has 0 aliphatic carbocycles. The van der Waals surface area contributed by atoms with E-state index < -0.39 is 29.5 Å². The maximum absolute atomic E-state index is 12.3. The molecule has 1 aromatic rings. The van der Waals surface area contributed by atoms with Crippen LogP contribution < -0.4 is 5.32 Å². The summed E-state index contributed by atoms with van der Waals surface area (Å²) in [4.78, 5) is 25.8. The number of carboxylic acid groups (broad SMARTS) is 1. The number of pyridine rings is 1. The minimum absolute atomic E-state index is 0.104. The van der Waals surface area contributed by atoms with E-state index >= 15 is 0 Å². The van der Waals surface area contributed by atoms with Gasteiger partial charge in [0.2, 0.25) is 0 Å². The molecule has 0 aliphatic rings. The van der Waals surface area contributed by atoms with Crippen LogP contribution in [0, 0.1) is 5.92 Å². The zero-order valence-corrected chi connectivity index (χ0v) is 10.6. The molecule has 2 N–H and O–H groups in total. The van der Waals surface area contributed by atoms with Gasteiger partial charge < -0.3 is 10.4 Å². The topological polar surface area (TPSA) is 79.3 Å². The summed E-state index contributed by atoms with van der Waals surface area (Å²) < 4.78 is 36.9. The molecule has 0 spiro atoms. The third kappa shape index (κ3) is 4.22. The molecule has 8 heteroatoms.